The van der Waals surface area contributed by atoms with E-state index in [4.69, 9.17) is 5.26 Å². The van der Waals surface area contributed by atoms with Gasteiger partial charge >= 0.3 is 0 Å². The SMILES string of the molecule is CC(NCCn1ccnc1)c1cccc(C#N)c1. The Balaban J connectivity index is 1.87. The van der Waals surface area contributed by atoms with Crippen LogP contribution in [0.3, 0.4) is 0 Å². The maximum atomic E-state index is 8.86. The number of hydrogen-bond donors (Lipinski definition) is 1. The summed E-state index contributed by atoms with van der Waals surface area (Å²) in [5.41, 5.74) is 1.84. The molecule has 0 amide bonds. The molecule has 4 heteroatoms. The Kier molecular flexibility index (Phi) is 4.11. The topological polar surface area (TPSA) is 53.6 Å². The van der Waals surface area contributed by atoms with Crippen LogP contribution < -0.4 is 5.32 Å². The van der Waals surface area contributed by atoms with Gasteiger partial charge in [0, 0.05) is 31.5 Å². The molecule has 18 heavy (non-hydrogen) atoms. The summed E-state index contributed by atoms with van der Waals surface area (Å²) in [6, 6.07) is 10.1. The van der Waals surface area contributed by atoms with Crippen LogP contribution in [0.5, 0.6) is 0 Å². The Morgan fingerprint density at radius 2 is 2.39 bits per heavy atom. The van der Waals surface area contributed by atoms with E-state index < -0.39 is 0 Å². The smallest absolute Gasteiger partial charge is 0.0991 e. The van der Waals surface area contributed by atoms with Gasteiger partial charge in [-0.05, 0) is 24.6 Å². The molecule has 1 unspecified atom stereocenters. The molecule has 1 atom stereocenters. The number of aromatic nitrogens is 2. The first-order valence-corrected chi connectivity index (χ1v) is 5.99. The van der Waals surface area contributed by atoms with Gasteiger partial charge < -0.3 is 9.88 Å². The van der Waals surface area contributed by atoms with Gasteiger partial charge in [-0.2, -0.15) is 5.26 Å². The number of benzene rings is 1. The minimum Gasteiger partial charge on any atom is -0.336 e. The van der Waals surface area contributed by atoms with Crippen LogP contribution in [0.1, 0.15) is 24.1 Å². The normalized spacial score (nSPS) is 12.0. The number of nitrogens with zero attached hydrogens (tertiary/aromatic N) is 3. The molecular weight excluding hydrogens is 224 g/mol. The summed E-state index contributed by atoms with van der Waals surface area (Å²) >= 11 is 0. The quantitative estimate of drug-likeness (QED) is 0.870. The number of nitrogens with one attached hydrogen (secondary N) is 1. The van der Waals surface area contributed by atoms with Crippen molar-refractivity contribution in [1.29, 1.82) is 5.26 Å². The van der Waals surface area contributed by atoms with Crippen molar-refractivity contribution >= 4 is 0 Å². The first-order chi connectivity index (χ1) is 8.79. The average Bonchev–Trinajstić information content (AvgIpc) is 2.92. The Morgan fingerprint density at radius 3 is 3.11 bits per heavy atom. The highest BCUT2D eigenvalue weighted by Gasteiger charge is 2.04. The van der Waals surface area contributed by atoms with Gasteiger partial charge in [0.2, 0.25) is 0 Å². The van der Waals surface area contributed by atoms with E-state index >= 15 is 0 Å². The van der Waals surface area contributed by atoms with Crippen LogP contribution in [0.25, 0.3) is 0 Å². The van der Waals surface area contributed by atoms with Gasteiger partial charge in [0.15, 0.2) is 0 Å². The lowest BCUT2D eigenvalue weighted by Crippen LogP contribution is -2.23. The van der Waals surface area contributed by atoms with E-state index in [2.05, 4.69) is 23.3 Å². The van der Waals surface area contributed by atoms with E-state index in [1.165, 1.54) is 0 Å². The Hall–Kier alpha value is -2.12. The molecule has 2 aromatic rings. The molecule has 2 rings (SSSR count). The van der Waals surface area contributed by atoms with E-state index in [1.54, 1.807) is 6.20 Å². The standard InChI is InChI=1S/C14H16N4/c1-12(14-4-2-3-13(9-14)10-15)17-6-8-18-7-5-16-11-18/h2-5,7,9,11-12,17H,6,8H2,1H3. The fourth-order valence-corrected chi connectivity index (χ4v) is 1.82. The van der Waals surface area contributed by atoms with E-state index in [9.17, 15) is 0 Å². The summed E-state index contributed by atoms with van der Waals surface area (Å²) in [5.74, 6) is 0. The predicted octanol–water partition coefficient (Wildman–Crippen LogP) is 2.11. The van der Waals surface area contributed by atoms with Crippen LogP contribution in [0, 0.1) is 11.3 Å². The Labute approximate surface area is 107 Å². The van der Waals surface area contributed by atoms with Crippen LogP contribution >= 0.6 is 0 Å². The second kappa shape index (κ2) is 5.99. The fourth-order valence-electron chi connectivity index (χ4n) is 1.82. The van der Waals surface area contributed by atoms with E-state index in [0.717, 1.165) is 18.7 Å². The minimum atomic E-state index is 0.238. The fraction of sp³-hybridized carbons (Fsp3) is 0.286. The van der Waals surface area contributed by atoms with Gasteiger partial charge in [0.25, 0.3) is 0 Å². The summed E-state index contributed by atoms with van der Waals surface area (Å²) in [4.78, 5) is 4.00. The summed E-state index contributed by atoms with van der Waals surface area (Å²) in [5, 5.41) is 12.3. The van der Waals surface area contributed by atoms with Gasteiger partial charge in [0.1, 0.15) is 0 Å². The van der Waals surface area contributed by atoms with Gasteiger partial charge in [0.05, 0.1) is 18.0 Å². The van der Waals surface area contributed by atoms with Crippen molar-refractivity contribution in [3.05, 3.63) is 54.1 Å². The first kappa shape index (κ1) is 12.3. The van der Waals surface area contributed by atoms with Gasteiger partial charge in [-0.15, -0.1) is 0 Å². The Morgan fingerprint density at radius 1 is 1.50 bits per heavy atom. The molecule has 0 saturated heterocycles. The zero-order valence-corrected chi connectivity index (χ0v) is 10.4. The highest BCUT2D eigenvalue weighted by molar-refractivity contribution is 5.33. The lowest BCUT2D eigenvalue weighted by Gasteiger charge is -2.14. The predicted molar refractivity (Wildman–Crippen MR) is 69.8 cm³/mol. The molecule has 0 radical (unpaired) electrons. The molecule has 4 nitrogen and oxygen atoms in total. The van der Waals surface area contributed by atoms with Crippen LogP contribution in [-0.4, -0.2) is 16.1 Å². The van der Waals surface area contributed by atoms with E-state index in [-0.39, 0.29) is 6.04 Å². The van der Waals surface area contributed by atoms with Crippen molar-refractivity contribution in [1.82, 2.24) is 14.9 Å². The molecule has 0 bridgehead atoms. The third-order valence-corrected chi connectivity index (χ3v) is 2.90. The molecule has 0 spiro atoms. The monoisotopic (exact) mass is 240 g/mol. The van der Waals surface area contributed by atoms with Crippen LogP contribution in [0.15, 0.2) is 43.0 Å². The van der Waals surface area contributed by atoms with Crippen molar-refractivity contribution in [2.24, 2.45) is 0 Å². The second-order valence-corrected chi connectivity index (χ2v) is 4.21. The van der Waals surface area contributed by atoms with Crippen molar-refractivity contribution in [2.75, 3.05) is 6.54 Å². The average molecular weight is 240 g/mol. The molecule has 1 heterocycles. The summed E-state index contributed by atoms with van der Waals surface area (Å²) in [6.07, 6.45) is 5.53. The summed E-state index contributed by atoms with van der Waals surface area (Å²) in [6.45, 7) is 3.86. The van der Waals surface area contributed by atoms with E-state index in [0.29, 0.717) is 5.56 Å². The van der Waals surface area contributed by atoms with Crippen LogP contribution in [0.4, 0.5) is 0 Å². The summed E-state index contributed by atoms with van der Waals surface area (Å²) < 4.78 is 2.03. The maximum absolute atomic E-state index is 8.86. The molecular formula is C14H16N4. The van der Waals surface area contributed by atoms with Crippen molar-refractivity contribution < 1.29 is 0 Å². The lowest BCUT2D eigenvalue weighted by molar-refractivity contribution is 0.531. The molecule has 0 aliphatic carbocycles. The van der Waals surface area contributed by atoms with Crippen molar-refractivity contribution in [3.8, 4) is 6.07 Å². The van der Waals surface area contributed by atoms with Gasteiger partial charge in [-0.25, -0.2) is 4.98 Å². The molecule has 1 aromatic carbocycles. The highest BCUT2D eigenvalue weighted by Crippen LogP contribution is 2.13. The van der Waals surface area contributed by atoms with Crippen LogP contribution in [-0.2, 0) is 6.54 Å². The van der Waals surface area contributed by atoms with Crippen molar-refractivity contribution in [2.45, 2.75) is 19.5 Å². The molecule has 0 fully saturated rings. The number of hydrogen-bond acceptors (Lipinski definition) is 3. The van der Waals surface area contributed by atoms with E-state index in [1.807, 2.05) is 41.4 Å². The third kappa shape index (κ3) is 3.19. The summed E-state index contributed by atoms with van der Waals surface area (Å²) in [7, 11) is 0. The molecule has 0 saturated carbocycles. The van der Waals surface area contributed by atoms with Crippen LogP contribution in [0.2, 0.25) is 0 Å². The highest BCUT2D eigenvalue weighted by atomic mass is 15.0. The zero-order chi connectivity index (χ0) is 12.8. The number of imidazole rings is 1. The third-order valence-electron chi connectivity index (χ3n) is 2.90. The maximum Gasteiger partial charge on any atom is 0.0991 e. The second-order valence-electron chi connectivity index (χ2n) is 4.21. The Bertz CT molecular complexity index is 525. The first-order valence-electron chi connectivity index (χ1n) is 5.99. The van der Waals surface area contributed by atoms with Gasteiger partial charge in [-0.1, -0.05) is 12.1 Å². The molecule has 1 aromatic heterocycles. The van der Waals surface area contributed by atoms with Crippen molar-refractivity contribution in [3.63, 3.8) is 0 Å². The number of rotatable bonds is 5. The number of nitriles is 1. The lowest BCUT2D eigenvalue weighted by atomic mass is 10.1. The zero-order valence-electron chi connectivity index (χ0n) is 10.4. The molecule has 0 aliphatic rings. The minimum absolute atomic E-state index is 0.238. The largest absolute Gasteiger partial charge is 0.336 e. The molecule has 0 aliphatic heterocycles. The van der Waals surface area contributed by atoms with Gasteiger partial charge in [-0.3, -0.25) is 0 Å². The molecule has 1 N–H and O–H groups in total. The molecule has 92 valence electrons.